The van der Waals surface area contributed by atoms with Gasteiger partial charge in [-0.05, 0) is 31.4 Å². The van der Waals surface area contributed by atoms with Crippen LogP contribution in [0.3, 0.4) is 0 Å². The third-order valence-electron chi connectivity index (χ3n) is 4.46. The molecule has 0 atom stereocenters. The van der Waals surface area contributed by atoms with Crippen LogP contribution in [0.1, 0.15) is 42.4 Å². The van der Waals surface area contributed by atoms with Gasteiger partial charge in [-0.25, -0.2) is 4.98 Å². The molecule has 23 heavy (non-hydrogen) atoms. The van der Waals surface area contributed by atoms with Crippen LogP contribution in [-0.2, 0) is 13.0 Å². The van der Waals surface area contributed by atoms with Gasteiger partial charge in [0.25, 0.3) is 0 Å². The zero-order valence-electron chi connectivity index (χ0n) is 14.4. The zero-order valence-corrected chi connectivity index (χ0v) is 14.4. The summed E-state index contributed by atoms with van der Waals surface area (Å²) in [5.74, 6) is 2.17. The molecule has 1 aliphatic rings. The van der Waals surface area contributed by atoms with Gasteiger partial charge in [0.15, 0.2) is 0 Å². The highest BCUT2D eigenvalue weighted by molar-refractivity contribution is 5.40. The fourth-order valence-corrected chi connectivity index (χ4v) is 3.08. The van der Waals surface area contributed by atoms with Crippen LogP contribution in [0.4, 0.5) is 0 Å². The summed E-state index contributed by atoms with van der Waals surface area (Å²) < 4.78 is 6.17. The second-order valence-corrected chi connectivity index (χ2v) is 6.61. The number of ether oxygens (including phenoxy) is 1. The molecule has 1 fully saturated rings. The first-order valence-electron chi connectivity index (χ1n) is 8.63. The molecule has 3 rings (SSSR count). The molecule has 0 bridgehead atoms. The van der Waals surface area contributed by atoms with E-state index in [0.717, 1.165) is 37.6 Å². The van der Waals surface area contributed by atoms with Crippen molar-refractivity contribution >= 4 is 0 Å². The lowest BCUT2D eigenvalue weighted by Gasteiger charge is -2.39. The molecule has 4 nitrogen and oxygen atoms in total. The molecule has 0 amide bonds. The molecule has 1 aromatic heterocycles. The van der Waals surface area contributed by atoms with Crippen molar-refractivity contribution in [2.24, 2.45) is 0 Å². The number of aromatic amines is 1. The predicted molar refractivity (Wildman–Crippen MR) is 92.8 cm³/mol. The number of likely N-dealkylation sites (tertiary alicyclic amines) is 1. The van der Waals surface area contributed by atoms with Crippen LogP contribution >= 0.6 is 0 Å². The second kappa shape index (κ2) is 7.18. The van der Waals surface area contributed by atoms with E-state index in [-0.39, 0.29) is 0 Å². The van der Waals surface area contributed by atoms with E-state index in [9.17, 15) is 0 Å². The van der Waals surface area contributed by atoms with Gasteiger partial charge in [0.1, 0.15) is 17.7 Å². The van der Waals surface area contributed by atoms with Crippen molar-refractivity contribution in [3.05, 3.63) is 47.0 Å². The molecule has 2 heterocycles. The molecule has 2 aromatic rings. The van der Waals surface area contributed by atoms with Crippen molar-refractivity contribution in [2.45, 2.75) is 52.7 Å². The Bertz CT molecular complexity index is 624. The Morgan fingerprint density at radius 3 is 2.70 bits per heavy atom. The van der Waals surface area contributed by atoms with Crippen molar-refractivity contribution in [3.8, 4) is 5.75 Å². The van der Waals surface area contributed by atoms with E-state index in [0.29, 0.717) is 6.10 Å². The van der Waals surface area contributed by atoms with Gasteiger partial charge in [0.2, 0.25) is 0 Å². The summed E-state index contributed by atoms with van der Waals surface area (Å²) in [5.41, 5.74) is 3.65. The standard InChI is InChI=1S/C19H27N3O/c1-4-5-9-18-20-10-16(21-18)11-22-12-17(13-22)23-19-14(2)7-6-8-15(19)3/h6-8,10,17H,4-5,9,11-13H2,1-3H3,(H,20,21). The molecule has 0 unspecified atom stereocenters. The number of hydrogen-bond acceptors (Lipinski definition) is 3. The van der Waals surface area contributed by atoms with Crippen molar-refractivity contribution in [2.75, 3.05) is 13.1 Å². The Morgan fingerprint density at radius 1 is 1.26 bits per heavy atom. The smallest absolute Gasteiger partial charge is 0.125 e. The predicted octanol–water partition coefficient (Wildman–Crippen LogP) is 3.63. The second-order valence-electron chi connectivity index (χ2n) is 6.61. The van der Waals surface area contributed by atoms with Crippen LogP contribution in [0.15, 0.2) is 24.4 Å². The topological polar surface area (TPSA) is 41.2 Å². The molecule has 0 radical (unpaired) electrons. The van der Waals surface area contributed by atoms with Crippen molar-refractivity contribution in [1.29, 1.82) is 0 Å². The minimum Gasteiger partial charge on any atom is -0.487 e. The van der Waals surface area contributed by atoms with Crippen LogP contribution < -0.4 is 4.74 Å². The normalized spacial score (nSPS) is 15.6. The van der Waals surface area contributed by atoms with Crippen molar-refractivity contribution < 1.29 is 4.74 Å². The highest BCUT2D eigenvalue weighted by Crippen LogP contribution is 2.26. The Kier molecular flexibility index (Phi) is 5.01. The highest BCUT2D eigenvalue weighted by atomic mass is 16.5. The number of unbranched alkanes of at least 4 members (excludes halogenated alkanes) is 1. The van der Waals surface area contributed by atoms with E-state index < -0.39 is 0 Å². The minimum atomic E-state index is 0.303. The average Bonchev–Trinajstić information content (AvgIpc) is 2.93. The first-order chi connectivity index (χ1) is 11.2. The van der Waals surface area contributed by atoms with Crippen LogP contribution in [-0.4, -0.2) is 34.1 Å². The summed E-state index contributed by atoms with van der Waals surface area (Å²) >= 11 is 0. The summed E-state index contributed by atoms with van der Waals surface area (Å²) in [4.78, 5) is 10.3. The number of hydrogen-bond donors (Lipinski definition) is 1. The van der Waals surface area contributed by atoms with Crippen LogP contribution in [0.25, 0.3) is 0 Å². The third-order valence-corrected chi connectivity index (χ3v) is 4.46. The zero-order chi connectivity index (χ0) is 16.2. The molecule has 1 N–H and O–H groups in total. The van der Waals surface area contributed by atoms with Crippen LogP contribution in [0.2, 0.25) is 0 Å². The molecule has 4 heteroatoms. The molecule has 0 saturated carbocycles. The van der Waals surface area contributed by atoms with Gasteiger partial charge in [0, 0.05) is 37.9 Å². The number of benzene rings is 1. The van der Waals surface area contributed by atoms with Gasteiger partial charge < -0.3 is 9.72 Å². The Labute approximate surface area is 138 Å². The molecular weight excluding hydrogens is 286 g/mol. The van der Waals surface area contributed by atoms with E-state index >= 15 is 0 Å². The number of imidazole rings is 1. The molecule has 1 saturated heterocycles. The number of rotatable bonds is 7. The number of nitrogens with zero attached hydrogens (tertiary/aromatic N) is 2. The summed E-state index contributed by atoms with van der Waals surface area (Å²) in [6.07, 6.45) is 5.73. The SMILES string of the molecule is CCCCc1ncc(CN2CC(Oc3c(C)cccc3C)C2)[nH]1. The number of H-pyrrole nitrogens is 1. The first kappa shape index (κ1) is 16.1. The molecule has 0 aliphatic carbocycles. The number of aromatic nitrogens is 2. The van der Waals surface area contributed by atoms with E-state index in [4.69, 9.17) is 4.74 Å². The van der Waals surface area contributed by atoms with Gasteiger partial charge in [-0.15, -0.1) is 0 Å². The number of aryl methyl sites for hydroxylation is 3. The van der Waals surface area contributed by atoms with Gasteiger partial charge in [-0.3, -0.25) is 4.90 Å². The van der Waals surface area contributed by atoms with Gasteiger partial charge in [0.05, 0.1) is 0 Å². The molecule has 0 spiro atoms. The maximum absolute atomic E-state index is 6.17. The fraction of sp³-hybridized carbons (Fsp3) is 0.526. The Morgan fingerprint density at radius 2 is 2.00 bits per heavy atom. The Hall–Kier alpha value is -1.81. The van der Waals surface area contributed by atoms with Crippen molar-refractivity contribution in [3.63, 3.8) is 0 Å². The fourth-order valence-electron chi connectivity index (χ4n) is 3.08. The summed E-state index contributed by atoms with van der Waals surface area (Å²) in [6.45, 7) is 9.34. The van der Waals surface area contributed by atoms with Crippen LogP contribution in [0, 0.1) is 13.8 Å². The van der Waals surface area contributed by atoms with E-state index in [1.54, 1.807) is 0 Å². The molecular formula is C19H27N3O. The van der Waals surface area contributed by atoms with Crippen molar-refractivity contribution in [1.82, 2.24) is 14.9 Å². The summed E-state index contributed by atoms with van der Waals surface area (Å²) in [6, 6.07) is 6.31. The Balaban J connectivity index is 1.47. The van der Waals surface area contributed by atoms with Gasteiger partial charge in [-0.1, -0.05) is 31.5 Å². The van der Waals surface area contributed by atoms with Crippen LogP contribution in [0.5, 0.6) is 5.75 Å². The number of nitrogens with one attached hydrogen (secondary N) is 1. The largest absolute Gasteiger partial charge is 0.487 e. The maximum atomic E-state index is 6.17. The minimum absolute atomic E-state index is 0.303. The molecule has 1 aromatic carbocycles. The van der Waals surface area contributed by atoms with E-state index in [1.807, 2.05) is 6.20 Å². The monoisotopic (exact) mass is 313 g/mol. The van der Waals surface area contributed by atoms with Gasteiger partial charge >= 0.3 is 0 Å². The highest BCUT2D eigenvalue weighted by Gasteiger charge is 2.29. The van der Waals surface area contributed by atoms with E-state index in [2.05, 4.69) is 53.8 Å². The number of para-hydroxylation sites is 1. The lowest BCUT2D eigenvalue weighted by Crippen LogP contribution is -2.53. The van der Waals surface area contributed by atoms with E-state index in [1.165, 1.54) is 29.7 Å². The summed E-state index contributed by atoms with van der Waals surface area (Å²) in [5, 5.41) is 0. The third kappa shape index (κ3) is 3.94. The van der Waals surface area contributed by atoms with Gasteiger partial charge in [-0.2, -0.15) is 0 Å². The summed E-state index contributed by atoms with van der Waals surface area (Å²) in [7, 11) is 0. The molecule has 1 aliphatic heterocycles. The quantitative estimate of drug-likeness (QED) is 0.848. The first-order valence-corrected chi connectivity index (χ1v) is 8.63. The lowest BCUT2D eigenvalue weighted by molar-refractivity contribution is 0.0131. The maximum Gasteiger partial charge on any atom is 0.125 e. The molecule has 124 valence electrons. The lowest BCUT2D eigenvalue weighted by atomic mass is 10.1. The average molecular weight is 313 g/mol.